The molecule has 1 heteroatoms. The first kappa shape index (κ1) is 12.6. The van der Waals surface area contributed by atoms with Crippen LogP contribution in [-0.2, 0) is 6.42 Å². The van der Waals surface area contributed by atoms with Gasteiger partial charge in [-0.05, 0) is 30.7 Å². The molecule has 94 valence electrons. The second kappa shape index (κ2) is 5.68. The Morgan fingerprint density at radius 2 is 1.76 bits per heavy atom. The standard InChI is InChI=1S/C16H26N/c1-15-10-13-17(2,14-11-15)12-6-9-16-7-4-3-5-8-16/h3-5,7-8,15H,6,9-14H2,1-2H3/q+1/t15-,17-. The zero-order valence-corrected chi connectivity index (χ0v) is 11.4. The Balaban J connectivity index is 1.75. The Morgan fingerprint density at radius 3 is 2.41 bits per heavy atom. The molecule has 0 spiro atoms. The molecule has 0 radical (unpaired) electrons. The summed E-state index contributed by atoms with van der Waals surface area (Å²) in [5.41, 5.74) is 1.49. The second-order valence-corrected chi connectivity index (χ2v) is 6.06. The minimum atomic E-state index is 0.954. The average Bonchev–Trinajstić information content (AvgIpc) is 2.35. The van der Waals surface area contributed by atoms with Gasteiger partial charge in [-0.15, -0.1) is 0 Å². The summed E-state index contributed by atoms with van der Waals surface area (Å²) >= 11 is 0. The van der Waals surface area contributed by atoms with Crippen LogP contribution in [0.3, 0.4) is 0 Å². The first-order chi connectivity index (χ1) is 8.18. The number of rotatable bonds is 4. The summed E-state index contributed by atoms with van der Waals surface area (Å²) in [6.07, 6.45) is 5.41. The minimum absolute atomic E-state index is 0.954. The largest absolute Gasteiger partial charge is 0.326 e. The normalized spacial score (nSPS) is 29.2. The van der Waals surface area contributed by atoms with Gasteiger partial charge in [0.2, 0.25) is 0 Å². The molecule has 0 amide bonds. The van der Waals surface area contributed by atoms with E-state index in [4.69, 9.17) is 0 Å². The highest BCUT2D eigenvalue weighted by atomic mass is 15.3. The van der Waals surface area contributed by atoms with Gasteiger partial charge in [-0.25, -0.2) is 0 Å². The minimum Gasteiger partial charge on any atom is -0.326 e. The zero-order chi connectivity index (χ0) is 12.1. The van der Waals surface area contributed by atoms with E-state index in [2.05, 4.69) is 44.3 Å². The molecule has 2 rings (SSSR count). The third-order valence-electron chi connectivity index (χ3n) is 4.33. The molecule has 1 saturated heterocycles. The van der Waals surface area contributed by atoms with E-state index in [0.717, 1.165) is 5.92 Å². The number of piperidine rings is 1. The van der Waals surface area contributed by atoms with Gasteiger partial charge in [0.15, 0.2) is 0 Å². The van der Waals surface area contributed by atoms with E-state index in [1.807, 2.05) is 0 Å². The summed E-state index contributed by atoms with van der Waals surface area (Å²) < 4.78 is 1.30. The molecule has 0 aromatic heterocycles. The molecule has 0 aliphatic carbocycles. The molecule has 0 N–H and O–H groups in total. The van der Waals surface area contributed by atoms with Crippen molar-refractivity contribution in [2.45, 2.75) is 32.6 Å². The Hall–Kier alpha value is -0.820. The van der Waals surface area contributed by atoms with Crippen molar-refractivity contribution in [3.8, 4) is 0 Å². The highest BCUT2D eigenvalue weighted by Gasteiger charge is 2.27. The maximum atomic E-state index is 2.44. The molecule has 1 aliphatic heterocycles. The first-order valence-corrected chi connectivity index (χ1v) is 7.05. The van der Waals surface area contributed by atoms with Crippen molar-refractivity contribution >= 4 is 0 Å². The van der Waals surface area contributed by atoms with Crippen LogP contribution in [0.4, 0.5) is 0 Å². The van der Waals surface area contributed by atoms with Gasteiger partial charge >= 0.3 is 0 Å². The fourth-order valence-electron chi connectivity index (χ4n) is 2.85. The number of quaternary nitrogens is 1. The zero-order valence-electron chi connectivity index (χ0n) is 11.4. The van der Waals surface area contributed by atoms with Crippen LogP contribution < -0.4 is 0 Å². The van der Waals surface area contributed by atoms with Crippen LogP contribution in [0.15, 0.2) is 30.3 Å². The van der Waals surface area contributed by atoms with Crippen LogP contribution in [0.5, 0.6) is 0 Å². The SMILES string of the molecule is C[C@H]1CC[N@+](C)(CCCc2ccccc2)CC1. The van der Waals surface area contributed by atoms with Gasteiger partial charge in [0.05, 0.1) is 26.7 Å². The van der Waals surface area contributed by atoms with E-state index in [-0.39, 0.29) is 0 Å². The molecule has 1 fully saturated rings. The van der Waals surface area contributed by atoms with Crippen LogP contribution in [0.25, 0.3) is 0 Å². The summed E-state index contributed by atoms with van der Waals surface area (Å²) in [5, 5.41) is 0. The number of aryl methyl sites for hydroxylation is 1. The van der Waals surface area contributed by atoms with E-state index in [1.165, 1.54) is 55.4 Å². The van der Waals surface area contributed by atoms with Gasteiger partial charge in [0.1, 0.15) is 0 Å². The average molecular weight is 232 g/mol. The summed E-state index contributed by atoms with van der Waals surface area (Å²) in [4.78, 5) is 0. The maximum absolute atomic E-state index is 2.44. The van der Waals surface area contributed by atoms with E-state index in [0.29, 0.717) is 0 Å². The number of nitrogens with zero attached hydrogens (tertiary/aromatic N) is 1. The molecule has 1 nitrogen and oxygen atoms in total. The number of benzene rings is 1. The maximum Gasteiger partial charge on any atom is 0.0787 e. The van der Waals surface area contributed by atoms with Crippen molar-refractivity contribution in [1.29, 1.82) is 0 Å². The Labute approximate surface area is 106 Å². The predicted molar refractivity (Wildman–Crippen MR) is 73.9 cm³/mol. The van der Waals surface area contributed by atoms with Gasteiger partial charge in [-0.1, -0.05) is 37.3 Å². The Kier molecular flexibility index (Phi) is 4.22. The molecule has 1 heterocycles. The molecule has 0 saturated carbocycles. The monoisotopic (exact) mass is 232 g/mol. The molecular formula is C16H26N+. The van der Waals surface area contributed by atoms with Gasteiger partial charge in [-0.3, -0.25) is 0 Å². The highest BCUT2D eigenvalue weighted by Crippen LogP contribution is 2.22. The lowest BCUT2D eigenvalue weighted by molar-refractivity contribution is -0.915. The van der Waals surface area contributed by atoms with E-state index in [1.54, 1.807) is 0 Å². The van der Waals surface area contributed by atoms with Crippen molar-refractivity contribution < 1.29 is 4.48 Å². The van der Waals surface area contributed by atoms with Gasteiger partial charge < -0.3 is 4.48 Å². The molecule has 1 aromatic carbocycles. The fourth-order valence-corrected chi connectivity index (χ4v) is 2.85. The van der Waals surface area contributed by atoms with Crippen LogP contribution in [-0.4, -0.2) is 31.2 Å². The van der Waals surface area contributed by atoms with Crippen LogP contribution >= 0.6 is 0 Å². The Bertz CT molecular complexity index is 323. The number of likely N-dealkylation sites (tertiary alicyclic amines) is 1. The quantitative estimate of drug-likeness (QED) is 0.697. The molecule has 0 unspecified atom stereocenters. The molecule has 0 bridgehead atoms. The first-order valence-electron chi connectivity index (χ1n) is 7.05. The van der Waals surface area contributed by atoms with Crippen LogP contribution in [0, 0.1) is 5.92 Å². The smallest absolute Gasteiger partial charge is 0.0787 e. The van der Waals surface area contributed by atoms with E-state index >= 15 is 0 Å². The van der Waals surface area contributed by atoms with Crippen molar-refractivity contribution in [3.63, 3.8) is 0 Å². The van der Waals surface area contributed by atoms with Crippen LogP contribution in [0.1, 0.15) is 31.7 Å². The van der Waals surface area contributed by atoms with Gasteiger partial charge in [-0.2, -0.15) is 0 Å². The summed E-state index contributed by atoms with van der Waals surface area (Å²) in [7, 11) is 2.44. The molecular weight excluding hydrogens is 206 g/mol. The lowest BCUT2D eigenvalue weighted by Crippen LogP contribution is -2.50. The number of hydrogen-bond donors (Lipinski definition) is 0. The number of hydrogen-bond acceptors (Lipinski definition) is 0. The van der Waals surface area contributed by atoms with Crippen LogP contribution in [0.2, 0.25) is 0 Å². The molecule has 0 atom stereocenters. The lowest BCUT2D eigenvalue weighted by Gasteiger charge is -2.40. The van der Waals surface area contributed by atoms with E-state index in [9.17, 15) is 0 Å². The third kappa shape index (κ3) is 3.85. The predicted octanol–water partition coefficient (Wildman–Crippen LogP) is 3.50. The summed E-state index contributed by atoms with van der Waals surface area (Å²) in [6.45, 7) is 6.51. The van der Waals surface area contributed by atoms with Crippen molar-refractivity contribution in [1.82, 2.24) is 0 Å². The molecule has 17 heavy (non-hydrogen) atoms. The van der Waals surface area contributed by atoms with Crippen molar-refractivity contribution in [2.75, 3.05) is 26.7 Å². The topological polar surface area (TPSA) is 0 Å². The van der Waals surface area contributed by atoms with Gasteiger partial charge in [0, 0.05) is 6.42 Å². The van der Waals surface area contributed by atoms with Crippen molar-refractivity contribution in [3.05, 3.63) is 35.9 Å². The van der Waals surface area contributed by atoms with Gasteiger partial charge in [0.25, 0.3) is 0 Å². The summed E-state index contributed by atoms with van der Waals surface area (Å²) in [6, 6.07) is 10.9. The Morgan fingerprint density at radius 1 is 1.12 bits per heavy atom. The molecule has 1 aliphatic rings. The lowest BCUT2D eigenvalue weighted by atomic mass is 9.97. The fraction of sp³-hybridized carbons (Fsp3) is 0.625. The second-order valence-electron chi connectivity index (χ2n) is 6.06. The highest BCUT2D eigenvalue weighted by molar-refractivity contribution is 5.14. The third-order valence-corrected chi connectivity index (χ3v) is 4.33. The van der Waals surface area contributed by atoms with E-state index < -0.39 is 0 Å². The van der Waals surface area contributed by atoms with Crippen molar-refractivity contribution in [2.24, 2.45) is 5.92 Å². The summed E-state index contributed by atoms with van der Waals surface area (Å²) in [5.74, 6) is 0.954. The molecule has 1 aromatic rings.